The van der Waals surface area contributed by atoms with Crippen LogP contribution >= 0.6 is 0 Å². The third-order valence-electron chi connectivity index (χ3n) is 4.35. The molecule has 0 radical (unpaired) electrons. The topological polar surface area (TPSA) is 58.4 Å². The van der Waals surface area contributed by atoms with Crippen molar-refractivity contribution in [3.8, 4) is 0 Å². The minimum absolute atomic E-state index is 0.0119. The molecule has 2 aromatic rings. The van der Waals surface area contributed by atoms with E-state index in [2.05, 4.69) is 5.10 Å². The molecular weight excluding hydrogens is 342 g/mol. The van der Waals surface area contributed by atoms with Crippen LogP contribution in [0.1, 0.15) is 35.5 Å². The summed E-state index contributed by atoms with van der Waals surface area (Å²) in [4.78, 5) is 12.2. The van der Waals surface area contributed by atoms with Crippen LogP contribution in [0.5, 0.6) is 0 Å². The molecule has 5 nitrogen and oxygen atoms in total. The van der Waals surface area contributed by atoms with Crippen LogP contribution in [0.2, 0.25) is 0 Å². The normalized spacial score (nSPS) is 15.8. The van der Waals surface area contributed by atoms with E-state index in [-0.39, 0.29) is 30.8 Å². The molecule has 3 rings (SSSR count). The maximum Gasteiger partial charge on any atom is 0.435 e. The van der Waals surface area contributed by atoms with E-state index in [1.54, 1.807) is 6.92 Å². The first-order valence-electron chi connectivity index (χ1n) is 7.59. The lowest BCUT2D eigenvalue weighted by Crippen LogP contribution is -2.36. The van der Waals surface area contributed by atoms with Crippen molar-refractivity contribution in [3.05, 3.63) is 52.6 Å². The molecule has 1 unspecified atom stereocenters. The Morgan fingerprint density at radius 1 is 1.28 bits per heavy atom. The number of hydrogen-bond acceptors (Lipinski definition) is 2. The lowest BCUT2D eigenvalue weighted by Gasteiger charge is -2.27. The van der Waals surface area contributed by atoms with Gasteiger partial charge in [-0.25, -0.2) is 9.18 Å². The number of fused-ring (bicyclic) bond motifs is 1. The van der Waals surface area contributed by atoms with Gasteiger partial charge in [0.2, 0.25) is 0 Å². The van der Waals surface area contributed by atoms with Crippen molar-refractivity contribution < 1.29 is 27.5 Å². The molecule has 0 fully saturated rings. The number of nitrogens with zero attached hydrogens (tertiary/aromatic N) is 3. The molecule has 2 heterocycles. The Morgan fingerprint density at radius 3 is 2.48 bits per heavy atom. The average molecular weight is 357 g/mol. The minimum atomic E-state index is -4.62. The molecule has 25 heavy (non-hydrogen) atoms. The molecule has 0 spiro atoms. The number of rotatable bonds is 2. The molecule has 1 amide bonds. The summed E-state index contributed by atoms with van der Waals surface area (Å²) in [6.45, 7) is 1.46. The highest BCUT2D eigenvalue weighted by atomic mass is 19.4. The number of carbonyl (C=O) groups is 1. The fourth-order valence-corrected chi connectivity index (χ4v) is 3.03. The fraction of sp³-hybridized carbons (Fsp3) is 0.375. The molecular formula is C16H15F4N3O2. The Labute approximate surface area is 140 Å². The molecule has 1 N–H and O–H groups in total. The van der Waals surface area contributed by atoms with Crippen molar-refractivity contribution in [1.82, 2.24) is 14.7 Å². The molecule has 1 aromatic heterocycles. The number of hydrogen-bond donors (Lipinski definition) is 1. The highest BCUT2D eigenvalue weighted by molar-refractivity contribution is 5.65. The van der Waals surface area contributed by atoms with E-state index in [1.165, 1.54) is 28.9 Å². The SMILES string of the molecule is CC(c1ccc(F)cc1)n1nc(C(F)(F)F)c2c1CN(C(=O)O)CC2. The highest BCUT2D eigenvalue weighted by Crippen LogP contribution is 2.36. The number of amides is 1. The molecule has 9 heteroatoms. The Balaban J connectivity index is 2.08. The van der Waals surface area contributed by atoms with Gasteiger partial charge in [0.05, 0.1) is 18.3 Å². The highest BCUT2D eigenvalue weighted by Gasteiger charge is 2.41. The summed E-state index contributed by atoms with van der Waals surface area (Å²) in [5.41, 5.74) is -0.161. The molecule has 134 valence electrons. The van der Waals surface area contributed by atoms with Gasteiger partial charge < -0.3 is 10.0 Å². The van der Waals surface area contributed by atoms with E-state index in [1.807, 2.05) is 0 Å². The van der Waals surface area contributed by atoms with Gasteiger partial charge >= 0.3 is 12.3 Å². The monoisotopic (exact) mass is 357 g/mol. The average Bonchev–Trinajstić information content (AvgIpc) is 2.93. The summed E-state index contributed by atoms with van der Waals surface area (Å²) in [5, 5.41) is 12.9. The third kappa shape index (κ3) is 3.18. The Kier molecular flexibility index (Phi) is 4.18. The second-order valence-electron chi connectivity index (χ2n) is 5.90. The second-order valence-corrected chi connectivity index (χ2v) is 5.90. The van der Waals surface area contributed by atoms with Gasteiger partial charge in [-0.3, -0.25) is 4.68 Å². The van der Waals surface area contributed by atoms with Gasteiger partial charge in [0.15, 0.2) is 5.69 Å². The third-order valence-corrected chi connectivity index (χ3v) is 4.35. The lowest BCUT2D eigenvalue weighted by molar-refractivity contribution is -0.142. The zero-order valence-corrected chi connectivity index (χ0v) is 13.2. The first kappa shape index (κ1) is 17.2. The van der Waals surface area contributed by atoms with Crippen molar-refractivity contribution >= 4 is 6.09 Å². The summed E-state index contributed by atoms with van der Waals surface area (Å²) in [6.07, 6.45) is -5.86. The Morgan fingerprint density at radius 2 is 1.92 bits per heavy atom. The van der Waals surface area contributed by atoms with E-state index < -0.39 is 29.8 Å². The number of benzene rings is 1. The Hall–Kier alpha value is -2.58. The van der Waals surface area contributed by atoms with Gasteiger partial charge in [0.25, 0.3) is 0 Å². The van der Waals surface area contributed by atoms with Gasteiger partial charge in [-0.2, -0.15) is 18.3 Å². The summed E-state index contributed by atoms with van der Waals surface area (Å²) < 4.78 is 54.2. The van der Waals surface area contributed by atoms with Gasteiger partial charge in [0.1, 0.15) is 5.82 Å². The predicted molar refractivity (Wildman–Crippen MR) is 79.6 cm³/mol. The van der Waals surface area contributed by atoms with Gasteiger partial charge in [-0.15, -0.1) is 0 Å². The van der Waals surface area contributed by atoms with Crippen molar-refractivity contribution in [2.24, 2.45) is 0 Å². The van der Waals surface area contributed by atoms with Crippen LogP contribution in [0.25, 0.3) is 0 Å². The molecule has 1 atom stereocenters. The van der Waals surface area contributed by atoms with Crippen molar-refractivity contribution in [3.63, 3.8) is 0 Å². The summed E-state index contributed by atoms with van der Waals surface area (Å²) in [5.74, 6) is -0.452. The van der Waals surface area contributed by atoms with E-state index in [4.69, 9.17) is 5.11 Å². The van der Waals surface area contributed by atoms with Crippen LogP contribution in [0, 0.1) is 5.82 Å². The van der Waals surface area contributed by atoms with E-state index in [0.29, 0.717) is 5.56 Å². The van der Waals surface area contributed by atoms with Crippen LogP contribution in [-0.2, 0) is 19.1 Å². The standard InChI is InChI=1S/C16H15F4N3O2/c1-9(10-2-4-11(17)5-3-10)23-13-8-22(15(24)25)7-6-12(13)14(21-23)16(18,19)20/h2-5,9H,6-8H2,1H3,(H,24,25). The molecule has 1 aliphatic rings. The minimum Gasteiger partial charge on any atom is -0.465 e. The van der Waals surface area contributed by atoms with Crippen LogP contribution in [0.3, 0.4) is 0 Å². The summed E-state index contributed by atoms with van der Waals surface area (Å²) in [6, 6.07) is 4.78. The fourth-order valence-electron chi connectivity index (χ4n) is 3.03. The van der Waals surface area contributed by atoms with Gasteiger partial charge in [-0.1, -0.05) is 12.1 Å². The van der Waals surface area contributed by atoms with Gasteiger partial charge in [0, 0.05) is 12.1 Å². The molecule has 0 saturated heterocycles. The van der Waals surface area contributed by atoms with Crippen LogP contribution in [0.15, 0.2) is 24.3 Å². The van der Waals surface area contributed by atoms with Crippen LogP contribution < -0.4 is 0 Å². The van der Waals surface area contributed by atoms with Crippen LogP contribution in [0.4, 0.5) is 22.4 Å². The predicted octanol–water partition coefficient (Wildman–Crippen LogP) is 3.69. The molecule has 0 saturated carbocycles. The van der Waals surface area contributed by atoms with E-state index in [0.717, 1.165) is 4.90 Å². The number of carboxylic acid groups (broad SMARTS) is 1. The largest absolute Gasteiger partial charge is 0.465 e. The maximum atomic E-state index is 13.3. The molecule has 1 aliphatic heterocycles. The van der Waals surface area contributed by atoms with Gasteiger partial charge in [-0.05, 0) is 31.0 Å². The quantitative estimate of drug-likeness (QED) is 0.834. The lowest BCUT2D eigenvalue weighted by atomic mass is 10.0. The van der Waals surface area contributed by atoms with Crippen molar-refractivity contribution in [2.45, 2.75) is 32.1 Å². The first-order valence-corrected chi connectivity index (χ1v) is 7.59. The smallest absolute Gasteiger partial charge is 0.435 e. The number of alkyl halides is 3. The van der Waals surface area contributed by atoms with E-state index in [9.17, 15) is 22.4 Å². The molecule has 0 aliphatic carbocycles. The Bertz CT molecular complexity index is 799. The zero-order valence-electron chi connectivity index (χ0n) is 13.2. The zero-order chi connectivity index (χ0) is 18.4. The second kappa shape index (κ2) is 6.05. The van der Waals surface area contributed by atoms with Crippen molar-refractivity contribution in [2.75, 3.05) is 6.54 Å². The molecule has 0 bridgehead atoms. The maximum absolute atomic E-state index is 13.3. The van der Waals surface area contributed by atoms with Crippen molar-refractivity contribution in [1.29, 1.82) is 0 Å². The van der Waals surface area contributed by atoms with Crippen LogP contribution in [-0.4, -0.2) is 32.4 Å². The number of halogens is 4. The molecule has 1 aromatic carbocycles. The van der Waals surface area contributed by atoms with E-state index >= 15 is 0 Å². The first-order chi connectivity index (χ1) is 11.7. The summed E-state index contributed by atoms with van der Waals surface area (Å²) in [7, 11) is 0. The number of aromatic nitrogens is 2. The summed E-state index contributed by atoms with van der Waals surface area (Å²) >= 11 is 0.